The second-order valence-corrected chi connectivity index (χ2v) is 7.11. The minimum absolute atomic E-state index is 0.00917. The van der Waals surface area contributed by atoms with E-state index >= 15 is 0 Å². The van der Waals surface area contributed by atoms with E-state index in [1.807, 2.05) is 10.8 Å². The molecule has 0 aliphatic carbocycles. The lowest BCUT2D eigenvalue weighted by molar-refractivity contribution is -0.140. The maximum atomic E-state index is 12.8. The zero-order valence-electron chi connectivity index (χ0n) is 15.4. The highest BCUT2D eigenvalue weighted by atomic mass is 35.5. The maximum Gasteiger partial charge on any atom is 0.295 e. The zero-order chi connectivity index (χ0) is 20.4. The molecule has 1 aliphatic heterocycles. The molecule has 0 saturated carbocycles. The first-order valence-electron chi connectivity index (χ1n) is 9.10. The smallest absolute Gasteiger partial charge is 0.295 e. The van der Waals surface area contributed by atoms with Gasteiger partial charge in [-0.3, -0.25) is 9.59 Å². The van der Waals surface area contributed by atoms with Crippen LogP contribution in [0.1, 0.15) is 23.8 Å². The number of halogens is 1. The molecule has 4 rings (SSSR count). The van der Waals surface area contributed by atoms with Crippen molar-refractivity contribution in [2.24, 2.45) is 0 Å². The molecule has 2 aromatic heterocycles. The number of hydrogen-bond donors (Lipinski definition) is 1. The summed E-state index contributed by atoms with van der Waals surface area (Å²) in [5.41, 5.74) is 0.414. The molecule has 1 atom stereocenters. The van der Waals surface area contributed by atoms with Gasteiger partial charge in [-0.2, -0.15) is 0 Å². The Hall–Kier alpha value is -3.32. The minimum Gasteiger partial charge on any atom is -0.507 e. The van der Waals surface area contributed by atoms with E-state index < -0.39 is 17.7 Å². The number of rotatable bonds is 6. The topological polar surface area (TPSA) is 88.6 Å². The van der Waals surface area contributed by atoms with E-state index in [0.29, 0.717) is 35.9 Å². The number of aliphatic hydroxyl groups excluding tert-OH is 1. The van der Waals surface area contributed by atoms with Crippen LogP contribution in [0.25, 0.3) is 5.76 Å². The monoisotopic (exact) mass is 411 g/mol. The van der Waals surface area contributed by atoms with Crippen LogP contribution >= 0.6 is 11.6 Å². The molecular weight excluding hydrogens is 394 g/mol. The van der Waals surface area contributed by atoms with Crippen LogP contribution in [0, 0.1) is 0 Å². The molecule has 148 valence electrons. The number of benzene rings is 1. The van der Waals surface area contributed by atoms with Gasteiger partial charge in [-0.25, -0.2) is 4.98 Å². The van der Waals surface area contributed by atoms with Crippen LogP contribution in [0.15, 0.2) is 71.4 Å². The van der Waals surface area contributed by atoms with Crippen molar-refractivity contribution in [3.05, 3.63) is 83.3 Å². The number of imidazole rings is 1. The molecule has 0 bridgehead atoms. The van der Waals surface area contributed by atoms with Crippen LogP contribution in [0.4, 0.5) is 0 Å². The van der Waals surface area contributed by atoms with Crippen molar-refractivity contribution >= 4 is 29.1 Å². The Kier molecular flexibility index (Phi) is 5.22. The van der Waals surface area contributed by atoms with Crippen molar-refractivity contribution in [3.8, 4) is 0 Å². The van der Waals surface area contributed by atoms with E-state index in [9.17, 15) is 14.7 Å². The lowest BCUT2D eigenvalue weighted by Gasteiger charge is -2.23. The first-order chi connectivity index (χ1) is 14.1. The molecule has 3 aromatic rings. The molecule has 1 aromatic carbocycles. The third-order valence-corrected chi connectivity index (χ3v) is 5.10. The van der Waals surface area contributed by atoms with Crippen molar-refractivity contribution in [1.82, 2.24) is 14.5 Å². The molecule has 3 heterocycles. The Bertz CT molecular complexity index is 1040. The highest BCUT2D eigenvalue weighted by Crippen LogP contribution is 2.39. The van der Waals surface area contributed by atoms with Crippen LogP contribution in [-0.2, 0) is 16.1 Å². The lowest BCUT2D eigenvalue weighted by Crippen LogP contribution is -2.31. The van der Waals surface area contributed by atoms with Gasteiger partial charge < -0.3 is 19.0 Å². The first-order valence-corrected chi connectivity index (χ1v) is 9.47. The number of carbonyl (C=O) groups excluding carboxylic acids is 2. The van der Waals surface area contributed by atoms with E-state index in [2.05, 4.69) is 4.98 Å². The van der Waals surface area contributed by atoms with Gasteiger partial charge in [0.05, 0.1) is 18.2 Å². The Labute approximate surface area is 171 Å². The molecule has 1 saturated heterocycles. The number of Topliss-reactive ketones (excluding diaryl/α,β-unsaturated/α-hetero) is 1. The number of aliphatic hydroxyl groups is 1. The summed E-state index contributed by atoms with van der Waals surface area (Å²) in [6.45, 7) is 0.969. The minimum atomic E-state index is -0.788. The Morgan fingerprint density at radius 1 is 1.17 bits per heavy atom. The Morgan fingerprint density at radius 3 is 2.62 bits per heavy atom. The van der Waals surface area contributed by atoms with E-state index in [-0.39, 0.29) is 11.3 Å². The van der Waals surface area contributed by atoms with Crippen LogP contribution in [0.2, 0.25) is 5.02 Å². The number of carbonyl (C=O) groups is 2. The van der Waals surface area contributed by atoms with Crippen molar-refractivity contribution in [3.63, 3.8) is 0 Å². The van der Waals surface area contributed by atoms with Gasteiger partial charge in [0, 0.05) is 36.1 Å². The molecular formula is C21H18ClN3O4. The molecule has 1 aliphatic rings. The highest BCUT2D eigenvalue weighted by Gasteiger charge is 2.47. The van der Waals surface area contributed by atoms with Crippen molar-refractivity contribution in [2.45, 2.75) is 19.0 Å². The normalized spacial score (nSPS) is 18.5. The predicted octanol–water partition coefficient (Wildman–Crippen LogP) is 3.64. The number of aromatic nitrogens is 2. The first kappa shape index (κ1) is 19.0. The Morgan fingerprint density at radius 2 is 1.97 bits per heavy atom. The molecule has 1 unspecified atom stereocenters. The third-order valence-electron chi connectivity index (χ3n) is 4.84. The van der Waals surface area contributed by atoms with Gasteiger partial charge in [0.15, 0.2) is 0 Å². The number of ketones is 1. The van der Waals surface area contributed by atoms with Gasteiger partial charge in [-0.05, 0) is 42.8 Å². The molecule has 8 heteroatoms. The average molecular weight is 412 g/mol. The summed E-state index contributed by atoms with van der Waals surface area (Å²) >= 11 is 5.91. The van der Waals surface area contributed by atoms with Gasteiger partial charge in [0.25, 0.3) is 11.7 Å². The van der Waals surface area contributed by atoms with E-state index in [0.717, 1.165) is 0 Å². The molecule has 0 spiro atoms. The summed E-state index contributed by atoms with van der Waals surface area (Å²) in [6.07, 6.45) is 7.29. The molecule has 0 radical (unpaired) electrons. The largest absolute Gasteiger partial charge is 0.507 e. The summed E-state index contributed by atoms with van der Waals surface area (Å²) < 4.78 is 7.40. The molecule has 1 N–H and O–H groups in total. The molecule has 29 heavy (non-hydrogen) atoms. The number of amides is 1. The quantitative estimate of drug-likeness (QED) is 0.380. The maximum absolute atomic E-state index is 12.8. The van der Waals surface area contributed by atoms with Crippen molar-refractivity contribution in [1.29, 1.82) is 0 Å². The van der Waals surface area contributed by atoms with Crippen LogP contribution in [-0.4, -0.2) is 37.8 Å². The lowest BCUT2D eigenvalue weighted by atomic mass is 9.99. The summed E-state index contributed by atoms with van der Waals surface area (Å²) in [7, 11) is 0. The number of aryl methyl sites for hydroxylation is 1. The van der Waals surface area contributed by atoms with Crippen molar-refractivity contribution < 1.29 is 19.1 Å². The molecule has 7 nitrogen and oxygen atoms in total. The SMILES string of the molecule is O=C1C(=O)N(CCCn2ccnc2)C(c2ccco2)C1=C(O)c1ccc(Cl)cc1. The number of hydrogen-bond acceptors (Lipinski definition) is 5. The van der Waals surface area contributed by atoms with E-state index in [1.54, 1.807) is 48.9 Å². The standard InChI is InChI=1S/C21H18ClN3O4/c22-15-6-4-14(5-7-15)19(26)17-18(16-3-1-12-29-16)25(21(28)20(17)27)10-2-9-24-11-8-23-13-24/h1,3-8,11-13,18,26H,2,9-10H2. The number of nitrogens with zero attached hydrogens (tertiary/aromatic N) is 3. The zero-order valence-corrected chi connectivity index (χ0v) is 16.1. The number of furan rings is 1. The Balaban J connectivity index is 1.68. The number of likely N-dealkylation sites (tertiary alicyclic amines) is 1. The summed E-state index contributed by atoms with van der Waals surface area (Å²) in [5, 5.41) is 11.3. The fraction of sp³-hybridized carbons (Fsp3) is 0.190. The van der Waals surface area contributed by atoms with Crippen LogP contribution < -0.4 is 0 Å². The highest BCUT2D eigenvalue weighted by molar-refractivity contribution is 6.46. The van der Waals surface area contributed by atoms with Gasteiger partial charge in [-0.1, -0.05) is 11.6 Å². The fourth-order valence-corrected chi connectivity index (χ4v) is 3.59. The fourth-order valence-electron chi connectivity index (χ4n) is 3.46. The second kappa shape index (κ2) is 7.97. The third kappa shape index (κ3) is 3.69. The summed E-state index contributed by atoms with van der Waals surface area (Å²) in [5.74, 6) is -1.23. The predicted molar refractivity (Wildman–Crippen MR) is 106 cm³/mol. The van der Waals surface area contributed by atoms with Gasteiger partial charge in [-0.15, -0.1) is 0 Å². The van der Waals surface area contributed by atoms with Crippen molar-refractivity contribution in [2.75, 3.05) is 6.54 Å². The second-order valence-electron chi connectivity index (χ2n) is 6.67. The molecule has 1 amide bonds. The average Bonchev–Trinajstić information content (AvgIpc) is 3.46. The van der Waals surface area contributed by atoms with E-state index in [4.69, 9.17) is 16.0 Å². The van der Waals surface area contributed by atoms with Crippen LogP contribution in [0.5, 0.6) is 0 Å². The van der Waals surface area contributed by atoms with Gasteiger partial charge in [0.1, 0.15) is 17.6 Å². The molecule has 1 fully saturated rings. The van der Waals surface area contributed by atoms with Gasteiger partial charge in [0.2, 0.25) is 0 Å². The van der Waals surface area contributed by atoms with Gasteiger partial charge >= 0.3 is 0 Å². The van der Waals surface area contributed by atoms with Crippen LogP contribution in [0.3, 0.4) is 0 Å². The van der Waals surface area contributed by atoms with E-state index in [1.165, 1.54) is 11.2 Å². The summed E-state index contributed by atoms with van der Waals surface area (Å²) in [4.78, 5) is 31.0. The summed E-state index contributed by atoms with van der Waals surface area (Å²) in [6, 6.07) is 9.01.